The minimum Gasteiger partial charge on any atom is -0.354 e. The molecule has 1 atom stereocenters. The number of H-pyrrole nitrogens is 1. The average molecular weight is 425 g/mol. The van der Waals surface area contributed by atoms with E-state index in [0.717, 1.165) is 0 Å². The Balaban J connectivity index is 0.00000392. The normalized spacial score (nSPS) is 16.4. The van der Waals surface area contributed by atoms with Gasteiger partial charge in [-0.05, 0) is 25.8 Å². The van der Waals surface area contributed by atoms with E-state index in [0.29, 0.717) is 42.8 Å². The number of nitrogens with zero attached hydrogens (tertiary/aromatic N) is 1. The zero-order chi connectivity index (χ0) is 20.2. The Kier molecular flexibility index (Phi) is 8.97. The Bertz CT molecular complexity index is 685. The molecule has 1 fully saturated rings. The lowest BCUT2D eigenvalue weighted by molar-refractivity contribution is -0.183. The number of aromatic amines is 1. The van der Waals surface area contributed by atoms with Crippen LogP contribution in [-0.4, -0.2) is 66.5 Å². The van der Waals surface area contributed by atoms with E-state index in [9.17, 15) is 22.8 Å². The highest BCUT2D eigenvalue weighted by Crippen LogP contribution is 2.25. The molecule has 0 radical (unpaired) electrons. The lowest BCUT2D eigenvalue weighted by Gasteiger charge is -2.35. The molecule has 1 amide bonds. The van der Waals surface area contributed by atoms with Gasteiger partial charge in [-0.3, -0.25) is 14.5 Å². The number of carbonyl (C=O) groups is 2. The number of halogens is 4. The van der Waals surface area contributed by atoms with Crippen molar-refractivity contribution in [3.8, 4) is 0 Å². The molecule has 1 aliphatic rings. The molecular formula is C18H28ClF3N4O2. The van der Waals surface area contributed by atoms with Gasteiger partial charge in [-0.25, -0.2) is 0 Å². The fourth-order valence-corrected chi connectivity index (χ4v) is 3.57. The first kappa shape index (κ1) is 24.5. The Morgan fingerprint density at radius 1 is 1.25 bits per heavy atom. The van der Waals surface area contributed by atoms with E-state index in [-0.39, 0.29) is 37.0 Å². The number of rotatable bonds is 7. The van der Waals surface area contributed by atoms with Crippen LogP contribution in [-0.2, 0) is 6.42 Å². The first-order valence-electron chi connectivity index (χ1n) is 9.18. The van der Waals surface area contributed by atoms with E-state index in [4.69, 9.17) is 0 Å². The monoisotopic (exact) mass is 424 g/mol. The molecule has 28 heavy (non-hydrogen) atoms. The molecule has 3 N–H and O–H groups in total. The standard InChI is InChI=1S/C18H27F3N4O2.ClH/c1-4-5-13-15(12(3)26)11(2)24-16(13)17(27)23-10-14(18(19,20)21)25-8-6-22-7-9-25;/h14,22,24H,4-10H2,1-3H3,(H,23,27);1H. The van der Waals surface area contributed by atoms with Gasteiger partial charge < -0.3 is 15.6 Å². The summed E-state index contributed by atoms with van der Waals surface area (Å²) in [6.45, 7) is 6.01. The molecule has 10 heteroatoms. The number of piperazine rings is 1. The van der Waals surface area contributed by atoms with Crippen molar-refractivity contribution in [1.29, 1.82) is 0 Å². The quantitative estimate of drug-likeness (QED) is 0.588. The van der Waals surface area contributed by atoms with Crippen LogP contribution >= 0.6 is 12.4 Å². The molecule has 1 aliphatic heterocycles. The van der Waals surface area contributed by atoms with Crippen LogP contribution in [0, 0.1) is 6.92 Å². The highest BCUT2D eigenvalue weighted by molar-refractivity contribution is 6.02. The zero-order valence-corrected chi connectivity index (χ0v) is 17.1. The van der Waals surface area contributed by atoms with E-state index < -0.39 is 24.7 Å². The molecule has 6 nitrogen and oxygen atoms in total. The number of amides is 1. The summed E-state index contributed by atoms with van der Waals surface area (Å²) in [7, 11) is 0. The van der Waals surface area contributed by atoms with Crippen LogP contribution < -0.4 is 10.6 Å². The van der Waals surface area contributed by atoms with Crippen molar-refractivity contribution in [3.63, 3.8) is 0 Å². The highest BCUT2D eigenvalue weighted by atomic mass is 35.5. The van der Waals surface area contributed by atoms with Crippen molar-refractivity contribution < 1.29 is 22.8 Å². The molecule has 0 saturated carbocycles. The van der Waals surface area contributed by atoms with Gasteiger partial charge in [-0.15, -0.1) is 12.4 Å². The first-order valence-corrected chi connectivity index (χ1v) is 9.18. The summed E-state index contributed by atoms with van der Waals surface area (Å²) < 4.78 is 40.4. The number of nitrogens with one attached hydrogen (secondary N) is 3. The maximum absolute atomic E-state index is 13.5. The molecule has 0 spiro atoms. The highest BCUT2D eigenvalue weighted by Gasteiger charge is 2.44. The molecular weight excluding hydrogens is 397 g/mol. The molecule has 2 rings (SSSR count). The molecule has 1 aromatic rings. The van der Waals surface area contributed by atoms with E-state index in [2.05, 4.69) is 15.6 Å². The number of hydrogen-bond acceptors (Lipinski definition) is 4. The van der Waals surface area contributed by atoms with Crippen LogP contribution in [0.3, 0.4) is 0 Å². The average Bonchev–Trinajstić information content (AvgIpc) is 2.91. The molecule has 0 bridgehead atoms. The van der Waals surface area contributed by atoms with Crippen LogP contribution in [0.15, 0.2) is 0 Å². The summed E-state index contributed by atoms with van der Waals surface area (Å²) in [6.07, 6.45) is -3.22. The number of ketones is 1. The number of aryl methyl sites for hydroxylation is 1. The van der Waals surface area contributed by atoms with Crippen molar-refractivity contribution in [2.45, 2.75) is 45.8 Å². The molecule has 2 heterocycles. The van der Waals surface area contributed by atoms with E-state index in [1.807, 2.05) is 6.92 Å². The van der Waals surface area contributed by atoms with Crippen molar-refractivity contribution in [2.75, 3.05) is 32.7 Å². The fraction of sp³-hybridized carbons (Fsp3) is 0.667. The predicted octanol–water partition coefficient (Wildman–Crippen LogP) is 2.47. The van der Waals surface area contributed by atoms with E-state index >= 15 is 0 Å². The first-order chi connectivity index (χ1) is 12.7. The SMILES string of the molecule is CCCc1c(C(=O)NCC(N2CCNCC2)C(F)(F)F)[nH]c(C)c1C(C)=O.Cl. The predicted molar refractivity (Wildman–Crippen MR) is 103 cm³/mol. The summed E-state index contributed by atoms with van der Waals surface area (Å²) in [5, 5.41) is 5.44. The van der Waals surface area contributed by atoms with Crippen LogP contribution in [0.1, 0.15) is 52.4 Å². The Morgan fingerprint density at radius 2 is 1.86 bits per heavy atom. The number of Topliss-reactive ketones (excluding diaryl/α,β-unsaturated/α-hetero) is 1. The second-order valence-electron chi connectivity index (χ2n) is 6.84. The van der Waals surface area contributed by atoms with Gasteiger partial charge >= 0.3 is 6.18 Å². The van der Waals surface area contributed by atoms with Gasteiger partial charge in [0.25, 0.3) is 5.91 Å². The fourth-order valence-electron chi connectivity index (χ4n) is 3.57. The minimum absolute atomic E-state index is 0. The van der Waals surface area contributed by atoms with E-state index in [1.165, 1.54) is 11.8 Å². The van der Waals surface area contributed by atoms with Crippen molar-refractivity contribution >= 4 is 24.1 Å². The minimum atomic E-state index is -4.44. The van der Waals surface area contributed by atoms with Gasteiger partial charge in [0.15, 0.2) is 5.78 Å². The molecule has 160 valence electrons. The molecule has 0 aliphatic carbocycles. The van der Waals surface area contributed by atoms with Crippen molar-refractivity contribution in [3.05, 3.63) is 22.5 Å². The van der Waals surface area contributed by atoms with Gasteiger partial charge in [0.05, 0.1) is 0 Å². The van der Waals surface area contributed by atoms with Gasteiger partial charge in [0.1, 0.15) is 11.7 Å². The Labute approximate surface area is 169 Å². The maximum Gasteiger partial charge on any atom is 0.405 e. The smallest absolute Gasteiger partial charge is 0.354 e. The third-order valence-corrected chi connectivity index (χ3v) is 4.80. The molecule has 1 saturated heterocycles. The largest absolute Gasteiger partial charge is 0.405 e. The van der Waals surface area contributed by atoms with Gasteiger partial charge in [0, 0.05) is 44.0 Å². The maximum atomic E-state index is 13.5. The second kappa shape index (κ2) is 10.3. The summed E-state index contributed by atoms with van der Waals surface area (Å²) in [5.41, 5.74) is 1.77. The van der Waals surface area contributed by atoms with Crippen LogP contribution in [0.4, 0.5) is 13.2 Å². The summed E-state index contributed by atoms with van der Waals surface area (Å²) in [6, 6.07) is -1.73. The molecule has 1 unspecified atom stereocenters. The Hall–Kier alpha value is -1.58. The number of carbonyl (C=O) groups excluding carboxylic acids is 2. The summed E-state index contributed by atoms with van der Waals surface area (Å²) in [4.78, 5) is 28.7. The van der Waals surface area contributed by atoms with Crippen molar-refractivity contribution in [2.24, 2.45) is 0 Å². The van der Waals surface area contributed by atoms with Gasteiger partial charge in [-0.1, -0.05) is 13.3 Å². The zero-order valence-electron chi connectivity index (χ0n) is 16.3. The van der Waals surface area contributed by atoms with Crippen LogP contribution in [0.5, 0.6) is 0 Å². The summed E-state index contributed by atoms with van der Waals surface area (Å²) >= 11 is 0. The van der Waals surface area contributed by atoms with Gasteiger partial charge in [-0.2, -0.15) is 13.2 Å². The van der Waals surface area contributed by atoms with Gasteiger partial charge in [0.2, 0.25) is 0 Å². The third kappa shape index (κ3) is 5.71. The molecule has 1 aromatic heterocycles. The summed E-state index contributed by atoms with van der Waals surface area (Å²) in [5.74, 6) is -0.779. The van der Waals surface area contributed by atoms with Crippen molar-refractivity contribution in [1.82, 2.24) is 20.5 Å². The molecule has 0 aromatic carbocycles. The van der Waals surface area contributed by atoms with Crippen LogP contribution in [0.2, 0.25) is 0 Å². The second-order valence-corrected chi connectivity index (χ2v) is 6.84. The topological polar surface area (TPSA) is 77.2 Å². The Morgan fingerprint density at radius 3 is 2.36 bits per heavy atom. The van der Waals surface area contributed by atoms with E-state index in [1.54, 1.807) is 6.92 Å². The lowest BCUT2D eigenvalue weighted by Crippen LogP contribution is -2.57. The third-order valence-electron chi connectivity index (χ3n) is 4.80. The van der Waals surface area contributed by atoms with Crippen LogP contribution in [0.25, 0.3) is 0 Å². The number of aromatic nitrogens is 1. The number of hydrogen-bond donors (Lipinski definition) is 3. The lowest BCUT2D eigenvalue weighted by atomic mass is 10.0. The number of alkyl halides is 3.